The fourth-order valence-electron chi connectivity index (χ4n) is 12.0. The van der Waals surface area contributed by atoms with Crippen molar-refractivity contribution in [1.29, 1.82) is 5.26 Å². The maximum Gasteiger partial charge on any atom is 0.417 e. The first-order valence-corrected chi connectivity index (χ1v) is 25.3. The summed E-state index contributed by atoms with van der Waals surface area (Å²) >= 11 is 0. The topological polar surface area (TPSA) is 33.6 Å². The van der Waals surface area contributed by atoms with Crippen molar-refractivity contribution in [3.63, 3.8) is 0 Å². The van der Waals surface area contributed by atoms with Crippen LogP contribution in [0.1, 0.15) is 61.7 Å². The van der Waals surface area contributed by atoms with Crippen molar-refractivity contribution in [2.24, 2.45) is 0 Å². The van der Waals surface area contributed by atoms with Crippen molar-refractivity contribution in [1.82, 2.24) is 9.13 Å². The summed E-state index contributed by atoms with van der Waals surface area (Å²) in [6.07, 6.45) is 5.72. The minimum atomic E-state index is -4.74. The molecule has 0 saturated heterocycles. The molecule has 1 atom stereocenters. The van der Waals surface area contributed by atoms with Crippen LogP contribution in [0.15, 0.2) is 200 Å². The number of aromatic nitrogens is 2. The lowest BCUT2D eigenvalue weighted by Gasteiger charge is -2.25. The predicted octanol–water partition coefficient (Wildman–Crippen LogP) is 18.7. The monoisotopic (exact) mass is 975 g/mol. The number of aryl methyl sites for hydroxylation is 4. The number of nitriles is 1. The molecule has 13 rings (SSSR count). The largest absolute Gasteiger partial charge is 0.417 e. The number of allylic oxidation sites excluding steroid dienone is 4. The van der Waals surface area contributed by atoms with Gasteiger partial charge in [0.05, 0.1) is 45.1 Å². The van der Waals surface area contributed by atoms with Crippen LogP contribution in [0, 0.1) is 39.0 Å². The van der Waals surface area contributed by atoms with Crippen LogP contribution in [0.2, 0.25) is 0 Å². The van der Waals surface area contributed by atoms with Crippen LogP contribution in [0.4, 0.5) is 13.2 Å². The molecule has 0 radical (unpaired) electrons. The number of benzene rings is 9. The van der Waals surface area contributed by atoms with E-state index in [2.05, 4.69) is 170 Å². The first kappa shape index (κ1) is 45.7. The van der Waals surface area contributed by atoms with Crippen LogP contribution in [0.25, 0.3) is 106 Å². The molecule has 2 aromatic heterocycles. The van der Waals surface area contributed by atoms with Gasteiger partial charge < -0.3 is 9.13 Å². The molecule has 0 bridgehead atoms. The van der Waals surface area contributed by atoms with Crippen LogP contribution >= 0.6 is 0 Å². The van der Waals surface area contributed by atoms with E-state index in [4.69, 9.17) is 0 Å². The summed E-state index contributed by atoms with van der Waals surface area (Å²) < 4.78 is 52.7. The second-order valence-corrected chi connectivity index (χ2v) is 20.0. The molecule has 75 heavy (non-hydrogen) atoms. The van der Waals surface area contributed by atoms with Gasteiger partial charge in [-0.25, -0.2) is 0 Å². The quantitative estimate of drug-likeness (QED) is 0.169. The van der Waals surface area contributed by atoms with Crippen molar-refractivity contribution in [3.8, 4) is 62.0 Å². The maximum absolute atomic E-state index is 16.1. The molecule has 0 spiro atoms. The second kappa shape index (κ2) is 17.5. The Hall–Kier alpha value is -9.18. The molecule has 0 fully saturated rings. The number of nitrogens with zero attached hydrogens (tertiary/aromatic N) is 3. The lowest BCUT2D eigenvalue weighted by atomic mass is 9.89. The molecule has 2 aliphatic rings. The fraction of sp³-hybridized carbons (Fsp3) is 0.0870. The number of fused-ring (bicyclic) bond motifs is 10. The highest BCUT2D eigenvalue weighted by Crippen LogP contribution is 2.51. The van der Waals surface area contributed by atoms with Crippen molar-refractivity contribution in [2.75, 3.05) is 0 Å². The Morgan fingerprint density at radius 2 is 0.933 bits per heavy atom. The Morgan fingerprint density at radius 3 is 1.44 bits per heavy atom. The first-order valence-electron chi connectivity index (χ1n) is 25.3. The zero-order chi connectivity index (χ0) is 51.3. The third-order valence-corrected chi connectivity index (χ3v) is 15.6. The van der Waals surface area contributed by atoms with Crippen molar-refractivity contribution in [2.45, 2.75) is 39.8 Å². The number of hydrogen-bond acceptors (Lipinski definition) is 1. The second-order valence-electron chi connectivity index (χ2n) is 20.0. The SMILES string of the molecule is Cc1ccccc1C1=Cc2c3n(c4ccc(-c5ccccc5C)cc24)-c2cc(C#N)cc(-n4c5ccc(-c6ccccc6C)cc5c5cc(-c6ccccc6C)ccc54)c2-c2c(cccc2C(F)(F)F)/C=C\[C@H]3C=C1. The number of halogens is 3. The number of hydrogen-bond donors (Lipinski definition) is 0. The summed E-state index contributed by atoms with van der Waals surface area (Å²) in [5.41, 5.74) is 18.6. The average molecular weight is 976 g/mol. The molecule has 3 heterocycles. The van der Waals surface area contributed by atoms with Gasteiger partial charge in [-0.2, -0.15) is 18.4 Å². The van der Waals surface area contributed by atoms with Gasteiger partial charge in [-0.05, 0) is 161 Å². The molecular weight excluding hydrogens is 928 g/mol. The Labute approximate surface area is 433 Å². The predicted molar refractivity (Wildman–Crippen MR) is 303 cm³/mol. The number of rotatable bonds is 5. The summed E-state index contributed by atoms with van der Waals surface area (Å²) in [6.45, 7) is 8.43. The molecule has 0 amide bonds. The molecule has 6 heteroatoms. The van der Waals surface area contributed by atoms with Crippen LogP contribution in [-0.2, 0) is 6.18 Å². The fourth-order valence-corrected chi connectivity index (χ4v) is 12.0. The van der Waals surface area contributed by atoms with E-state index in [0.29, 0.717) is 28.1 Å². The Bertz CT molecular complexity index is 4250. The van der Waals surface area contributed by atoms with Gasteiger partial charge in [0.15, 0.2) is 0 Å². The van der Waals surface area contributed by atoms with Gasteiger partial charge in [0.2, 0.25) is 0 Å². The van der Waals surface area contributed by atoms with E-state index in [1.807, 2.05) is 54.6 Å². The van der Waals surface area contributed by atoms with E-state index >= 15 is 13.2 Å². The molecular formula is C69H48F3N3. The minimum Gasteiger partial charge on any atom is -0.311 e. The molecule has 0 N–H and O–H groups in total. The highest BCUT2D eigenvalue weighted by molar-refractivity contribution is 6.13. The van der Waals surface area contributed by atoms with Crippen LogP contribution in [0.5, 0.6) is 0 Å². The van der Waals surface area contributed by atoms with E-state index in [1.54, 1.807) is 18.2 Å². The Morgan fingerprint density at radius 1 is 0.467 bits per heavy atom. The maximum atomic E-state index is 16.1. The van der Waals surface area contributed by atoms with E-state index < -0.39 is 17.7 Å². The molecule has 9 aromatic carbocycles. The zero-order valence-electron chi connectivity index (χ0n) is 41.8. The molecule has 1 aliphatic carbocycles. The minimum absolute atomic E-state index is 0.0440. The van der Waals surface area contributed by atoms with E-state index in [-0.39, 0.29) is 5.56 Å². The van der Waals surface area contributed by atoms with Crippen molar-refractivity contribution in [3.05, 3.63) is 256 Å². The van der Waals surface area contributed by atoms with Crippen molar-refractivity contribution >= 4 is 50.4 Å². The Kier molecular flexibility index (Phi) is 10.7. The van der Waals surface area contributed by atoms with Gasteiger partial charge in [-0.15, -0.1) is 0 Å². The normalized spacial score (nSPS) is 14.3. The summed E-state index contributed by atoms with van der Waals surface area (Å²) in [7, 11) is 0. The third kappa shape index (κ3) is 7.41. The van der Waals surface area contributed by atoms with Crippen LogP contribution in [-0.4, -0.2) is 9.13 Å². The first-order chi connectivity index (χ1) is 36.4. The summed E-state index contributed by atoms with van der Waals surface area (Å²) in [4.78, 5) is 0. The van der Waals surface area contributed by atoms with E-state index in [9.17, 15) is 5.26 Å². The Balaban J connectivity index is 1.21. The average Bonchev–Trinajstić information content (AvgIpc) is 3.99. The lowest BCUT2D eigenvalue weighted by molar-refractivity contribution is -0.137. The standard InChI is InChI=1S/C69H48F3N3/c1-41-14-5-9-19-52(41)48-27-26-47-25-24-46-18-13-23-60(69(70,71)72)66(46)67-64(34-45(40-73)35-65(67)75-63-33-30-51(55-22-12-8-17-44(55)4)38-58(63)59(39-48)68(47)75)74-61-31-28-49(53-20-10-6-15-42(53)2)36-56(61)57-37-50(29-32-62(57)74)54-21-11-7-16-43(54)3/h5-39,47H,1-4H3/b25-24-/t47-/m0/s1. The van der Waals surface area contributed by atoms with E-state index in [1.165, 1.54) is 12.1 Å². The van der Waals surface area contributed by atoms with Gasteiger partial charge in [0.1, 0.15) is 0 Å². The lowest BCUT2D eigenvalue weighted by Crippen LogP contribution is -2.12. The zero-order valence-corrected chi connectivity index (χ0v) is 41.8. The van der Waals surface area contributed by atoms with Crippen LogP contribution < -0.4 is 0 Å². The van der Waals surface area contributed by atoms with Gasteiger partial charge in [-0.3, -0.25) is 0 Å². The highest BCUT2D eigenvalue weighted by atomic mass is 19.4. The van der Waals surface area contributed by atoms with E-state index in [0.717, 1.165) is 111 Å². The number of alkyl halides is 3. The molecule has 3 nitrogen and oxygen atoms in total. The summed E-state index contributed by atoms with van der Waals surface area (Å²) in [6, 6.07) is 63.1. The van der Waals surface area contributed by atoms with Gasteiger partial charge in [-0.1, -0.05) is 152 Å². The van der Waals surface area contributed by atoms with Crippen molar-refractivity contribution < 1.29 is 13.2 Å². The highest BCUT2D eigenvalue weighted by Gasteiger charge is 2.38. The van der Waals surface area contributed by atoms with Gasteiger partial charge >= 0.3 is 6.18 Å². The molecule has 360 valence electrons. The van der Waals surface area contributed by atoms with Gasteiger partial charge in [0, 0.05) is 44.5 Å². The summed E-state index contributed by atoms with van der Waals surface area (Å²) in [5, 5.41) is 14.1. The smallest absolute Gasteiger partial charge is 0.311 e. The summed E-state index contributed by atoms with van der Waals surface area (Å²) in [5.74, 6) is -0.400. The third-order valence-electron chi connectivity index (χ3n) is 15.6. The molecule has 1 aliphatic heterocycles. The van der Waals surface area contributed by atoms with Gasteiger partial charge in [0.25, 0.3) is 0 Å². The molecule has 11 aromatic rings. The molecule has 0 saturated carbocycles. The van der Waals surface area contributed by atoms with Crippen LogP contribution in [0.3, 0.4) is 0 Å². The molecule has 0 unspecified atom stereocenters.